The zero-order valence-electron chi connectivity index (χ0n) is 10.1. The average molecular weight is 260 g/mol. The number of pyridine rings is 1. The van der Waals surface area contributed by atoms with E-state index in [1.54, 1.807) is 0 Å². The topological polar surface area (TPSA) is 74.4 Å². The van der Waals surface area contributed by atoms with Crippen LogP contribution in [0.2, 0.25) is 0 Å². The van der Waals surface area contributed by atoms with Crippen molar-refractivity contribution < 1.29 is 23.0 Å². The molecule has 7 heteroatoms. The van der Waals surface area contributed by atoms with Gasteiger partial charge in [-0.2, -0.15) is 0 Å². The van der Waals surface area contributed by atoms with Crippen LogP contribution in [-0.4, -0.2) is 25.2 Å². The van der Waals surface area contributed by atoms with Gasteiger partial charge in [0.15, 0.2) is 0 Å². The Morgan fingerprint density at radius 2 is 2.17 bits per heavy atom. The maximum atomic E-state index is 13.0. The Labute approximate surface area is 103 Å². The van der Waals surface area contributed by atoms with E-state index >= 15 is 0 Å². The van der Waals surface area contributed by atoms with E-state index in [1.807, 2.05) is 0 Å². The van der Waals surface area contributed by atoms with Gasteiger partial charge in [0.05, 0.1) is 38.1 Å². The van der Waals surface area contributed by atoms with E-state index in [2.05, 4.69) is 9.72 Å². The molecule has 0 saturated heterocycles. The molecule has 0 aliphatic rings. The number of halogens is 2. The molecule has 0 saturated carbocycles. The highest BCUT2D eigenvalue weighted by Gasteiger charge is 2.24. The molecule has 0 spiro atoms. The lowest BCUT2D eigenvalue weighted by Gasteiger charge is -2.15. The fraction of sp³-hybridized carbons (Fsp3) is 0.455. The van der Waals surface area contributed by atoms with E-state index in [4.69, 9.17) is 10.5 Å². The minimum atomic E-state index is -2.78. The Hall–Kier alpha value is -1.76. The van der Waals surface area contributed by atoms with Crippen molar-refractivity contribution in [1.82, 2.24) is 4.98 Å². The maximum Gasteiger partial charge on any atom is 0.310 e. The lowest BCUT2D eigenvalue weighted by molar-refractivity contribution is -0.139. The van der Waals surface area contributed by atoms with Crippen LogP contribution in [0.3, 0.4) is 0 Å². The van der Waals surface area contributed by atoms with Crippen molar-refractivity contribution in [1.29, 1.82) is 0 Å². The van der Waals surface area contributed by atoms with Crippen molar-refractivity contribution in [3.8, 4) is 5.75 Å². The fourth-order valence-electron chi connectivity index (χ4n) is 1.58. The minimum Gasteiger partial charge on any atom is -0.495 e. The van der Waals surface area contributed by atoms with Gasteiger partial charge < -0.3 is 15.2 Å². The number of alkyl halides is 2. The van der Waals surface area contributed by atoms with Crippen molar-refractivity contribution in [2.45, 2.75) is 19.4 Å². The highest BCUT2D eigenvalue weighted by atomic mass is 19.3. The number of esters is 1. The molecular formula is C11H14F2N2O3. The van der Waals surface area contributed by atoms with Crippen molar-refractivity contribution in [3.05, 3.63) is 23.0 Å². The second-order valence-electron chi connectivity index (χ2n) is 3.42. The summed E-state index contributed by atoms with van der Waals surface area (Å²) in [5.74, 6) is -0.706. The van der Waals surface area contributed by atoms with Crippen LogP contribution >= 0.6 is 0 Å². The van der Waals surface area contributed by atoms with Crippen LogP contribution in [-0.2, 0) is 22.5 Å². The summed E-state index contributed by atoms with van der Waals surface area (Å²) in [5, 5.41) is 0. The summed E-state index contributed by atoms with van der Waals surface area (Å²) in [4.78, 5) is 15.2. The number of ether oxygens (including phenoxy) is 2. The minimum absolute atomic E-state index is 0.0456. The number of hydrogen-bond donors (Lipinski definition) is 1. The second-order valence-corrected chi connectivity index (χ2v) is 3.42. The van der Waals surface area contributed by atoms with Gasteiger partial charge in [-0.05, 0) is 5.56 Å². The van der Waals surface area contributed by atoms with E-state index in [-0.39, 0.29) is 35.5 Å². The third-order valence-corrected chi connectivity index (χ3v) is 2.46. The van der Waals surface area contributed by atoms with Crippen LogP contribution in [0, 0.1) is 0 Å². The van der Waals surface area contributed by atoms with Crippen LogP contribution in [0.5, 0.6) is 5.75 Å². The van der Waals surface area contributed by atoms with Crippen LogP contribution in [0.15, 0.2) is 6.20 Å². The van der Waals surface area contributed by atoms with Gasteiger partial charge in [0, 0.05) is 6.54 Å². The Bertz CT molecular complexity index is 439. The Morgan fingerprint density at radius 1 is 1.50 bits per heavy atom. The summed E-state index contributed by atoms with van der Waals surface area (Å²) < 4.78 is 35.4. The number of nitrogens with two attached hydrogens (primary N) is 1. The summed E-state index contributed by atoms with van der Waals surface area (Å²) in [5.41, 5.74) is 5.37. The first-order chi connectivity index (χ1) is 8.54. The third-order valence-electron chi connectivity index (χ3n) is 2.46. The Morgan fingerprint density at radius 3 is 2.61 bits per heavy atom. The van der Waals surface area contributed by atoms with Gasteiger partial charge in [0.2, 0.25) is 0 Å². The normalized spacial score (nSPS) is 10.6. The van der Waals surface area contributed by atoms with Gasteiger partial charge in [-0.3, -0.25) is 9.78 Å². The summed E-state index contributed by atoms with van der Waals surface area (Å²) >= 11 is 0. The lowest BCUT2D eigenvalue weighted by atomic mass is 10.0. The number of carbonyl (C=O) groups excluding carboxylic acids is 1. The molecule has 1 heterocycles. The SMILES string of the molecule is COC(=O)Cc1c(CN)ncc(OC)c1C(F)F. The van der Waals surface area contributed by atoms with Crippen LogP contribution < -0.4 is 10.5 Å². The largest absolute Gasteiger partial charge is 0.495 e. The molecule has 5 nitrogen and oxygen atoms in total. The zero-order valence-corrected chi connectivity index (χ0v) is 10.1. The summed E-state index contributed by atoms with van der Waals surface area (Å²) in [7, 11) is 2.44. The summed E-state index contributed by atoms with van der Waals surface area (Å²) in [6.45, 7) is -0.0456. The first-order valence-electron chi connectivity index (χ1n) is 5.14. The number of hydrogen-bond acceptors (Lipinski definition) is 5. The third kappa shape index (κ3) is 2.92. The molecule has 0 bridgehead atoms. The van der Waals surface area contributed by atoms with E-state index in [9.17, 15) is 13.6 Å². The first kappa shape index (κ1) is 14.3. The lowest BCUT2D eigenvalue weighted by Crippen LogP contribution is -2.14. The number of methoxy groups -OCH3 is 2. The van der Waals surface area contributed by atoms with E-state index < -0.39 is 12.4 Å². The molecule has 1 aromatic rings. The summed E-state index contributed by atoms with van der Waals surface area (Å²) in [6, 6.07) is 0. The van der Waals surface area contributed by atoms with Gasteiger partial charge in [0.25, 0.3) is 6.43 Å². The molecule has 1 rings (SSSR count). The highest BCUT2D eigenvalue weighted by Crippen LogP contribution is 2.33. The maximum absolute atomic E-state index is 13.0. The van der Waals surface area contributed by atoms with Crippen molar-refractivity contribution in [3.63, 3.8) is 0 Å². The molecule has 0 radical (unpaired) electrons. The van der Waals surface area contributed by atoms with Crippen LogP contribution in [0.1, 0.15) is 23.2 Å². The van der Waals surface area contributed by atoms with Crippen molar-refractivity contribution >= 4 is 5.97 Å². The van der Waals surface area contributed by atoms with E-state index in [0.717, 1.165) is 0 Å². The molecule has 0 aromatic carbocycles. The zero-order chi connectivity index (χ0) is 13.7. The smallest absolute Gasteiger partial charge is 0.310 e. The molecule has 18 heavy (non-hydrogen) atoms. The predicted molar refractivity (Wildman–Crippen MR) is 59.4 cm³/mol. The van der Waals surface area contributed by atoms with Crippen LogP contribution in [0.4, 0.5) is 8.78 Å². The predicted octanol–water partition coefficient (Wildman–Crippen LogP) is 1.20. The molecule has 0 fully saturated rings. The molecule has 2 N–H and O–H groups in total. The number of nitrogens with zero attached hydrogens (tertiary/aromatic N) is 1. The average Bonchev–Trinajstić information content (AvgIpc) is 2.37. The first-order valence-corrected chi connectivity index (χ1v) is 5.14. The monoisotopic (exact) mass is 260 g/mol. The van der Waals surface area contributed by atoms with Crippen LogP contribution in [0.25, 0.3) is 0 Å². The highest BCUT2D eigenvalue weighted by molar-refractivity contribution is 5.73. The molecule has 0 unspecified atom stereocenters. The molecule has 0 aliphatic carbocycles. The number of carbonyl (C=O) groups is 1. The fourth-order valence-corrected chi connectivity index (χ4v) is 1.58. The van der Waals surface area contributed by atoms with Crippen molar-refractivity contribution in [2.75, 3.05) is 14.2 Å². The molecule has 1 aromatic heterocycles. The quantitative estimate of drug-likeness (QED) is 0.805. The Balaban J connectivity index is 3.35. The van der Waals surface area contributed by atoms with E-state index in [0.29, 0.717) is 0 Å². The van der Waals surface area contributed by atoms with Gasteiger partial charge in [-0.25, -0.2) is 8.78 Å². The van der Waals surface area contributed by atoms with Gasteiger partial charge in [-0.1, -0.05) is 0 Å². The standard InChI is InChI=1S/C11H14F2N2O3/c1-17-8-5-15-7(4-14)6(3-9(16)18-2)10(8)11(12)13/h5,11H,3-4,14H2,1-2H3. The van der Waals surface area contributed by atoms with Crippen molar-refractivity contribution in [2.24, 2.45) is 5.73 Å². The molecule has 100 valence electrons. The Kier molecular flexibility index (Phi) is 4.96. The van der Waals surface area contributed by atoms with Gasteiger partial charge >= 0.3 is 5.97 Å². The number of rotatable bonds is 5. The van der Waals surface area contributed by atoms with Gasteiger partial charge in [-0.15, -0.1) is 0 Å². The second kappa shape index (κ2) is 6.25. The molecule has 0 atom stereocenters. The number of aromatic nitrogens is 1. The molecule has 0 aliphatic heterocycles. The van der Waals surface area contributed by atoms with Gasteiger partial charge in [0.1, 0.15) is 5.75 Å². The van der Waals surface area contributed by atoms with E-state index in [1.165, 1.54) is 20.4 Å². The summed E-state index contributed by atoms with van der Waals surface area (Å²) in [6.07, 6.45) is -1.93. The molecule has 0 amide bonds. The molecular weight excluding hydrogens is 246 g/mol.